The second-order valence-corrected chi connectivity index (χ2v) is 6.12. The average molecular weight is 399 g/mol. The van der Waals surface area contributed by atoms with Crippen molar-refractivity contribution in [3.8, 4) is 0 Å². The van der Waals surface area contributed by atoms with Crippen LogP contribution in [0.15, 0.2) is 54.6 Å². The van der Waals surface area contributed by atoms with Gasteiger partial charge in [-0.3, -0.25) is 35.3 Å². The number of nitrogens with zero attached hydrogens (tertiary/aromatic N) is 1. The van der Waals surface area contributed by atoms with Gasteiger partial charge in [0, 0.05) is 24.1 Å². The van der Waals surface area contributed by atoms with E-state index in [9.17, 15) is 24.5 Å². The van der Waals surface area contributed by atoms with Crippen LogP contribution in [0.25, 0.3) is 0 Å². The van der Waals surface area contributed by atoms with Gasteiger partial charge >= 0.3 is 5.97 Å². The second-order valence-electron chi connectivity index (χ2n) is 6.12. The first-order valence-corrected chi connectivity index (χ1v) is 8.99. The third-order valence-electron chi connectivity index (χ3n) is 3.93. The van der Waals surface area contributed by atoms with Gasteiger partial charge in [0.1, 0.15) is 0 Å². The Hall–Kier alpha value is -3.75. The number of nitrogens with one attached hydrogen (secondary N) is 2. The van der Waals surface area contributed by atoms with Crippen LogP contribution in [-0.2, 0) is 20.7 Å². The summed E-state index contributed by atoms with van der Waals surface area (Å²) in [5.74, 6) is -1.67. The lowest BCUT2D eigenvalue weighted by Gasteiger charge is -2.08. The molecule has 2 aromatic carbocycles. The minimum absolute atomic E-state index is 0.107. The molecule has 2 N–H and O–H groups in total. The molecule has 0 heterocycles. The molecule has 0 aliphatic carbocycles. The number of hydrogen-bond donors (Lipinski definition) is 2. The molecular formula is C20H21N3O6. The van der Waals surface area contributed by atoms with Crippen molar-refractivity contribution < 1.29 is 24.0 Å². The Morgan fingerprint density at radius 1 is 0.931 bits per heavy atom. The molecule has 0 fully saturated rings. The van der Waals surface area contributed by atoms with E-state index in [2.05, 4.69) is 10.9 Å². The molecular weight excluding hydrogens is 378 g/mol. The molecule has 2 amide bonds. The Morgan fingerprint density at radius 3 is 2.28 bits per heavy atom. The molecule has 0 saturated heterocycles. The largest absolute Gasteiger partial charge is 0.466 e. The minimum Gasteiger partial charge on any atom is -0.466 e. The maximum Gasteiger partial charge on any atom is 0.306 e. The van der Waals surface area contributed by atoms with Crippen molar-refractivity contribution in [3.05, 3.63) is 75.8 Å². The zero-order chi connectivity index (χ0) is 21.1. The molecule has 0 aromatic heterocycles. The molecule has 152 valence electrons. The Labute approximate surface area is 167 Å². The first-order valence-electron chi connectivity index (χ1n) is 8.99. The highest BCUT2D eigenvalue weighted by Crippen LogP contribution is 2.11. The number of carbonyl (C=O) groups is 3. The minimum atomic E-state index is -0.628. The zero-order valence-electron chi connectivity index (χ0n) is 15.6. The highest BCUT2D eigenvalue weighted by molar-refractivity contribution is 5.95. The number of aryl methyl sites for hydroxylation is 1. The lowest BCUT2D eigenvalue weighted by atomic mass is 10.1. The Kier molecular flexibility index (Phi) is 8.30. The predicted octanol–water partition coefficient (Wildman–Crippen LogP) is 2.31. The van der Waals surface area contributed by atoms with E-state index in [0.29, 0.717) is 6.42 Å². The van der Waals surface area contributed by atoms with Gasteiger partial charge in [0.25, 0.3) is 11.6 Å². The summed E-state index contributed by atoms with van der Waals surface area (Å²) in [5, 5.41) is 10.6. The fourth-order valence-corrected chi connectivity index (χ4v) is 2.39. The molecule has 0 bridgehead atoms. The van der Waals surface area contributed by atoms with E-state index in [0.717, 1.165) is 12.0 Å². The average Bonchev–Trinajstić information content (AvgIpc) is 2.74. The van der Waals surface area contributed by atoms with Crippen molar-refractivity contribution in [3.63, 3.8) is 0 Å². The Morgan fingerprint density at radius 2 is 1.62 bits per heavy atom. The van der Waals surface area contributed by atoms with Gasteiger partial charge in [-0.05, 0) is 30.5 Å². The highest BCUT2D eigenvalue weighted by Gasteiger charge is 2.12. The van der Waals surface area contributed by atoms with Gasteiger partial charge in [-0.1, -0.05) is 30.3 Å². The number of ether oxygens (including phenoxy) is 1. The summed E-state index contributed by atoms with van der Waals surface area (Å²) in [6.07, 6.45) is 1.24. The maximum absolute atomic E-state index is 11.9. The molecule has 0 aliphatic rings. The van der Waals surface area contributed by atoms with Gasteiger partial charge in [-0.15, -0.1) is 0 Å². The van der Waals surface area contributed by atoms with Crippen LogP contribution >= 0.6 is 0 Å². The van der Waals surface area contributed by atoms with Gasteiger partial charge in [0.15, 0.2) is 0 Å². The summed E-state index contributed by atoms with van der Waals surface area (Å²) in [6.45, 7) is 0.270. The summed E-state index contributed by atoms with van der Waals surface area (Å²) in [6, 6.07) is 14.7. The number of nitro groups is 1. The standard InChI is InChI=1S/C20H21N3O6/c24-18(21-22-20(26)16-8-10-17(11-9-16)23(27)28)12-13-19(25)29-14-4-7-15-5-2-1-3-6-15/h1-3,5-6,8-11H,4,7,12-14H2,(H,21,24)(H,22,26). The summed E-state index contributed by atoms with van der Waals surface area (Å²) >= 11 is 0. The molecule has 2 aromatic rings. The van der Waals surface area contributed by atoms with Crippen LogP contribution in [0.3, 0.4) is 0 Å². The highest BCUT2D eigenvalue weighted by atomic mass is 16.6. The van der Waals surface area contributed by atoms with Gasteiger partial charge in [-0.25, -0.2) is 0 Å². The number of nitro benzene ring substituents is 1. The SMILES string of the molecule is O=C(CCC(=O)OCCCc1ccccc1)NNC(=O)c1ccc([N+](=O)[O-])cc1. The molecule has 0 spiro atoms. The van der Waals surface area contributed by atoms with Crippen molar-refractivity contribution in [1.82, 2.24) is 10.9 Å². The summed E-state index contributed by atoms with van der Waals surface area (Å²) in [4.78, 5) is 45.3. The normalized spacial score (nSPS) is 10.1. The molecule has 0 unspecified atom stereocenters. The van der Waals surface area contributed by atoms with E-state index in [1.54, 1.807) is 0 Å². The van der Waals surface area contributed by atoms with E-state index in [1.165, 1.54) is 24.3 Å². The molecule has 0 atom stereocenters. The molecule has 0 radical (unpaired) electrons. The van der Waals surface area contributed by atoms with E-state index in [1.807, 2.05) is 30.3 Å². The number of amides is 2. The van der Waals surface area contributed by atoms with Crippen molar-refractivity contribution in [2.75, 3.05) is 6.61 Å². The van der Waals surface area contributed by atoms with E-state index >= 15 is 0 Å². The number of esters is 1. The van der Waals surface area contributed by atoms with Gasteiger partial charge < -0.3 is 4.74 Å². The van der Waals surface area contributed by atoms with Crippen LogP contribution in [0.1, 0.15) is 35.2 Å². The first-order chi connectivity index (χ1) is 14.0. The third kappa shape index (κ3) is 7.79. The Bertz CT molecular complexity index is 852. The number of hydrazine groups is 1. The van der Waals surface area contributed by atoms with Crippen LogP contribution < -0.4 is 10.9 Å². The zero-order valence-corrected chi connectivity index (χ0v) is 15.6. The van der Waals surface area contributed by atoms with E-state index in [-0.39, 0.29) is 30.7 Å². The maximum atomic E-state index is 11.9. The van der Waals surface area contributed by atoms with E-state index < -0.39 is 22.7 Å². The number of benzene rings is 2. The van der Waals surface area contributed by atoms with Crippen LogP contribution in [0.5, 0.6) is 0 Å². The van der Waals surface area contributed by atoms with Gasteiger partial charge in [-0.2, -0.15) is 0 Å². The van der Waals surface area contributed by atoms with Crippen LogP contribution in [0.2, 0.25) is 0 Å². The van der Waals surface area contributed by atoms with Crippen molar-refractivity contribution >= 4 is 23.5 Å². The second kappa shape index (κ2) is 11.2. The van der Waals surface area contributed by atoms with Crippen molar-refractivity contribution in [2.24, 2.45) is 0 Å². The van der Waals surface area contributed by atoms with Gasteiger partial charge in [0.05, 0.1) is 18.0 Å². The van der Waals surface area contributed by atoms with E-state index in [4.69, 9.17) is 4.74 Å². The summed E-state index contributed by atoms with van der Waals surface area (Å²) in [5.41, 5.74) is 5.52. The number of carbonyl (C=O) groups excluding carboxylic acids is 3. The van der Waals surface area contributed by atoms with Crippen molar-refractivity contribution in [1.29, 1.82) is 0 Å². The molecule has 0 saturated carbocycles. The summed E-state index contributed by atoms with van der Waals surface area (Å²) < 4.78 is 5.08. The van der Waals surface area contributed by atoms with Crippen LogP contribution in [0.4, 0.5) is 5.69 Å². The van der Waals surface area contributed by atoms with Gasteiger partial charge in [0.2, 0.25) is 5.91 Å². The van der Waals surface area contributed by atoms with Crippen molar-refractivity contribution in [2.45, 2.75) is 25.7 Å². The molecule has 29 heavy (non-hydrogen) atoms. The molecule has 0 aliphatic heterocycles. The number of hydrogen-bond acceptors (Lipinski definition) is 6. The predicted molar refractivity (Wildman–Crippen MR) is 104 cm³/mol. The fourth-order valence-electron chi connectivity index (χ4n) is 2.39. The number of rotatable bonds is 9. The van der Waals surface area contributed by atoms with Crippen LogP contribution in [0, 0.1) is 10.1 Å². The molecule has 2 rings (SSSR count). The third-order valence-corrected chi connectivity index (χ3v) is 3.93. The molecule has 9 nitrogen and oxygen atoms in total. The topological polar surface area (TPSA) is 128 Å². The quantitative estimate of drug-likeness (QED) is 0.288. The lowest BCUT2D eigenvalue weighted by Crippen LogP contribution is -2.41. The fraction of sp³-hybridized carbons (Fsp3) is 0.250. The first kappa shape index (κ1) is 21.5. The smallest absolute Gasteiger partial charge is 0.306 e. The van der Waals surface area contributed by atoms with Crippen LogP contribution in [-0.4, -0.2) is 29.3 Å². The lowest BCUT2D eigenvalue weighted by molar-refractivity contribution is -0.384. The monoisotopic (exact) mass is 399 g/mol. The number of non-ortho nitro benzene ring substituents is 1. The Balaban J connectivity index is 1.60. The molecule has 9 heteroatoms. The summed E-state index contributed by atoms with van der Waals surface area (Å²) in [7, 11) is 0.